The molecule has 7 nitrogen and oxygen atoms in total. The highest BCUT2D eigenvalue weighted by atomic mass is 16.7. The number of phenols is 1. The Kier molecular flexibility index (Phi) is 14.5. The van der Waals surface area contributed by atoms with Crippen LogP contribution < -0.4 is 4.74 Å². The van der Waals surface area contributed by atoms with Crippen LogP contribution in [-0.2, 0) is 25.0 Å². The van der Waals surface area contributed by atoms with Gasteiger partial charge in [-0.15, -0.1) is 0 Å². The van der Waals surface area contributed by atoms with E-state index in [9.17, 15) is 14.7 Å². The maximum absolute atomic E-state index is 12.0. The van der Waals surface area contributed by atoms with E-state index in [0.29, 0.717) is 16.9 Å². The maximum atomic E-state index is 12.0. The third kappa shape index (κ3) is 8.84. The number of methoxy groups -OCH3 is 2. The zero-order valence-electron chi connectivity index (χ0n) is 34.1. The molecule has 1 N–H and O–H groups in total. The van der Waals surface area contributed by atoms with Crippen LogP contribution >= 0.6 is 0 Å². The van der Waals surface area contributed by atoms with E-state index in [1.54, 1.807) is 6.07 Å². The van der Waals surface area contributed by atoms with E-state index in [2.05, 4.69) is 77.1 Å². The van der Waals surface area contributed by atoms with Crippen molar-refractivity contribution < 1.29 is 33.6 Å². The monoisotopic (exact) mass is 736 g/mol. The fourth-order valence-corrected chi connectivity index (χ4v) is 8.05. The second-order valence-electron chi connectivity index (χ2n) is 14.5. The number of aromatic hydroxyl groups is 1. The molecular weight excluding hydrogens is 677 g/mol. The van der Waals surface area contributed by atoms with Crippen molar-refractivity contribution >= 4 is 11.9 Å². The quantitative estimate of drug-likeness (QED) is 0.145. The number of aryl methyl sites for hydroxylation is 4. The summed E-state index contributed by atoms with van der Waals surface area (Å²) in [6, 6.07) is 24.4. The molecule has 1 saturated heterocycles. The first-order chi connectivity index (χ1) is 25.8. The average Bonchev–Trinajstić information content (AvgIpc) is 3.18. The zero-order chi connectivity index (χ0) is 39.6. The summed E-state index contributed by atoms with van der Waals surface area (Å²) in [6.45, 7) is 17.5. The van der Waals surface area contributed by atoms with Gasteiger partial charge in [0.2, 0.25) is 0 Å². The van der Waals surface area contributed by atoms with Gasteiger partial charge >= 0.3 is 11.9 Å². The minimum Gasteiger partial charge on any atom is -0.508 e. The summed E-state index contributed by atoms with van der Waals surface area (Å²) in [5.41, 5.74) is 9.68. The lowest BCUT2D eigenvalue weighted by molar-refractivity contribution is -0.106. The average molecular weight is 737 g/mol. The van der Waals surface area contributed by atoms with Gasteiger partial charge < -0.3 is 24.1 Å². The number of benzene rings is 4. The Morgan fingerprint density at radius 2 is 1.06 bits per heavy atom. The van der Waals surface area contributed by atoms with Gasteiger partial charge in [0, 0.05) is 17.3 Å². The Bertz CT molecular complexity index is 1890. The first-order valence-corrected chi connectivity index (χ1v) is 19.4. The van der Waals surface area contributed by atoms with E-state index in [1.165, 1.54) is 36.5 Å². The summed E-state index contributed by atoms with van der Waals surface area (Å²) in [5, 5.41) is 9.84. The fourth-order valence-electron chi connectivity index (χ4n) is 8.05. The van der Waals surface area contributed by atoms with Gasteiger partial charge in [-0.05, 0) is 135 Å². The smallest absolute Gasteiger partial charge is 0.338 e. The molecule has 4 aromatic carbocycles. The van der Waals surface area contributed by atoms with Crippen LogP contribution in [0.2, 0.25) is 0 Å². The van der Waals surface area contributed by atoms with Crippen molar-refractivity contribution in [2.75, 3.05) is 20.8 Å². The van der Waals surface area contributed by atoms with Crippen molar-refractivity contribution in [1.82, 2.24) is 0 Å². The molecule has 0 aromatic heterocycles. The van der Waals surface area contributed by atoms with Crippen LogP contribution in [0.3, 0.4) is 0 Å². The summed E-state index contributed by atoms with van der Waals surface area (Å²) in [5.74, 6) is 0.610. The van der Waals surface area contributed by atoms with Gasteiger partial charge in [-0.2, -0.15) is 0 Å². The third-order valence-electron chi connectivity index (χ3n) is 11.7. The van der Waals surface area contributed by atoms with Crippen LogP contribution in [0.5, 0.6) is 11.5 Å². The number of esters is 2. The van der Waals surface area contributed by atoms with Crippen LogP contribution in [0.15, 0.2) is 72.8 Å². The molecule has 1 aliphatic rings. The van der Waals surface area contributed by atoms with Crippen LogP contribution in [-0.4, -0.2) is 44.2 Å². The Balaban J connectivity index is 0.000000247. The predicted molar refractivity (Wildman–Crippen MR) is 216 cm³/mol. The molecule has 5 rings (SSSR count). The van der Waals surface area contributed by atoms with Crippen LogP contribution in [0, 0.1) is 27.7 Å². The second-order valence-corrected chi connectivity index (χ2v) is 14.5. The standard InChI is InChI=1S/C26H34O4.C21H26O3/c1-6-26(7-2,20-11-13-22(18(3)16-20)25(27)28-5)21-12-14-23(19(4)17-21)30-24-10-8-9-15-29-24;1-6-21(7-2,17-9-11-19(22)15(4)13-17)16-8-10-18(14(3)12-16)20(23)24-5/h11-14,16-17,24H,6-10,15H2,1-5H3;8-13,22H,6-7H2,1-5H3. The first-order valence-electron chi connectivity index (χ1n) is 19.4. The van der Waals surface area contributed by atoms with E-state index >= 15 is 0 Å². The highest BCUT2D eigenvalue weighted by molar-refractivity contribution is 5.91. The molecule has 1 aliphatic heterocycles. The second kappa shape index (κ2) is 18.6. The third-order valence-corrected chi connectivity index (χ3v) is 11.7. The highest BCUT2D eigenvalue weighted by Gasteiger charge is 2.33. The number of hydrogen-bond acceptors (Lipinski definition) is 7. The van der Waals surface area contributed by atoms with Gasteiger partial charge in [-0.1, -0.05) is 76.2 Å². The van der Waals surface area contributed by atoms with E-state index < -0.39 is 0 Å². The molecule has 0 aliphatic carbocycles. The van der Waals surface area contributed by atoms with E-state index in [1.807, 2.05) is 45.0 Å². The molecule has 7 heteroatoms. The number of ether oxygens (including phenoxy) is 4. The highest BCUT2D eigenvalue weighted by Crippen LogP contribution is 2.42. The Labute approximate surface area is 323 Å². The van der Waals surface area contributed by atoms with Crippen molar-refractivity contribution in [3.05, 3.63) is 128 Å². The summed E-state index contributed by atoms with van der Waals surface area (Å²) in [7, 11) is 2.82. The van der Waals surface area contributed by atoms with Crippen LogP contribution in [0.4, 0.5) is 0 Å². The lowest BCUT2D eigenvalue weighted by atomic mass is 9.70. The number of carbonyl (C=O) groups excluding carboxylic acids is 2. The Morgan fingerprint density at radius 1 is 0.630 bits per heavy atom. The van der Waals surface area contributed by atoms with Gasteiger partial charge in [-0.25, -0.2) is 9.59 Å². The van der Waals surface area contributed by atoms with Crippen molar-refractivity contribution in [3.8, 4) is 11.5 Å². The molecule has 1 unspecified atom stereocenters. The van der Waals surface area contributed by atoms with Gasteiger partial charge in [-0.3, -0.25) is 0 Å². The summed E-state index contributed by atoms with van der Waals surface area (Å²) in [6.07, 6.45) is 6.87. The van der Waals surface area contributed by atoms with Crippen LogP contribution in [0.25, 0.3) is 0 Å². The molecule has 0 radical (unpaired) electrons. The number of rotatable bonds is 12. The van der Waals surface area contributed by atoms with E-state index in [-0.39, 0.29) is 29.1 Å². The molecule has 0 saturated carbocycles. The molecule has 54 heavy (non-hydrogen) atoms. The SMILES string of the molecule is CCC(CC)(c1ccc(O)c(C)c1)c1ccc(C(=O)OC)c(C)c1.CCC(CC)(c1ccc(OC2CCCCO2)c(C)c1)c1ccc(C(=O)OC)c(C)c1. The van der Waals surface area contributed by atoms with Crippen molar-refractivity contribution in [2.24, 2.45) is 0 Å². The first kappa shape index (κ1) is 42.1. The largest absolute Gasteiger partial charge is 0.508 e. The Morgan fingerprint density at radius 3 is 1.43 bits per heavy atom. The molecule has 4 aromatic rings. The predicted octanol–water partition coefficient (Wildman–Crippen LogP) is 11.0. The summed E-state index contributed by atoms with van der Waals surface area (Å²) >= 11 is 0. The molecule has 1 heterocycles. The van der Waals surface area contributed by atoms with Gasteiger partial charge in [0.05, 0.1) is 32.0 Å². The van der Waals surface area contributed by atoms with Gasteiger partial charge in [0.15, 0.2) is 6.29 Å². The molecule has 0 amide bonds. The van der Waals surface area contributed by atoms with Crippen molar-refractivity contribution in [2.45, 2.75) is 117 Å². The van der Waals surface area contributed by atoms with Crippen molar-refractivity contribution in [3.63, 3.8) is 0 Å². The number of phenolic OH excluding ortho intramolecular Hbond substituents is 1. The molecular formula is C47H60O7. The lowest BCUT2D eigenvalue weighted by Crippen LogP contribution is -2.27. The maximum Gasteiger partial charge on any atom is 0.338 e. The topological polar surface area (TPSA) is 91.3 Å². The molecule has 1 atom stereocenters. The lowest BCUT2D eigenvalue weighted by Gasteiger charge is -2.34. The molecule has 0 spiro atoms. The zero-order valence-corrected chi connectivity index (χ0v) is 34.1. The molecule has 290 valence electrons. The fraction of sp³-hybridized carbons (Fsp3) is 0.447. The number of carbonyl (C=O) groups is 2. The minimum atomic E-state index is -0.307. The van der Waals surface area contributed by atoms with Gasteiger partial charge in [0.25, 0.3) is 0 Å². The van der Waals surface area contributed by atoms with Crippen LogP contribution in [0.1, 0.15) is 138 Å². The summed E-state index contributed by atoms with van der Waals surface area (Å²) < 4.78 is 21.6. The molecule has 1 fully saturated rings. The number of hydrogen-bond donors (Lipinski definition) is 1. The summed E-state index contributed by atoms with van der Waals surface area (Å²) in [4.78, 5) is 23.8. The van der Waals surface area contributed by atoms with Gasteiger partial charge in [0.1, 0.15) is 11.5 Å². The van der Waals surface area contributed by atoms with E-state index in [0.717, 1.165) is 79.6 Å². The molecule has 0 bridgehead atoms. The minimum absolute atomic E-state index is 0.121. The van der Waals surface area contributed by atoms with Crippen molar-refractivity contribution in [1.29, 1.82) is 0 Å². The normalized spacial score (nSPS) is 14.4. The van der Waals surface area contributed by atoms with E-state index in [4.69, 9.17) is 18.9 Å². The Hall–Kier alpha value is -4.62.